The average molecular weight is 244 g/mol. The first-order valence-corrected chi connectivity index (χ1v) is 6.69. The van der Waals surface area contributed by atoms with E-state index in [1.807, 2.05) is 37.3 Å². The van der Waals surface area contributed by atoms with Crippen LogP contribution in [0.15, 0.2) is 30.3 Å². The molecule has 0 heterocycles. The predicted octanol–water partition coefficient (Wildman–Crippen LogP) is 3.88. The van der Waals surface area contributed by atoms with Crippen molar-refractivity contribution in [3.8, 4) is 0 Å². The monoisotopic (exact) mass is 244 g/mol. The molecule has 1 fully saturated rings. The standard InChI is InChI=1S/C16H20O2/c1-13-7-9-14(10-8-13)11-12-16(17)18-15-5-3-2-4-6-15/h7-12,15H,2-6H2,1H3. The molecule has 2 nitrogen and oxygen atoms in total. The Morgan fingerprint density at radius 1 is 1.17 bits per heavy atom. The van der Waals surface area contributed by atoms with E-state index in [2.05, 4.69) is 0 Å². The Hall–Kier alpha value is -1.57. The molecule has 2 rings (SSSR count). The van der Waals surface area contributed by atoms with E-state index < -0.39 is 0 Å². The van der Waals surface area contributed by atoms with Crippen LogP contribution < -0.4 is 0 Å². The molecule has 1 saturated carbocycles. The summed E-state index contributed by atoms with van der Waals surface area (Å²) >= 11 is 0. The Labute approximate surface area is 109 Å². The van der Waals surface area contributed by atoms with Crippen molar-refractivity contribution in [3.05, 3.63) is 41.5 Å². The Bertz CT molecular complexity index is 411. The van der Waals surface area contributed by atoms with Crippen molar-refractivity contribution in [2.75, 3.05) is 0 Å². The lowest BCUT2D eigenvalue weighted by atomic mass is 9.98. The van der Waals surface area contributed by atoms with Gasteiger partial charge in [-0.2, -0.15) is 0 Å². The first-order valence-electron chi connectivity index (χ1n) is 6.69. The largest absolute Gasteiger partial charge is 0.459 e. The van der Waals surface area contributed by atoms with Crippen molar-refractivity contribution in [1.82, 2.24) is 0 Å². The molecule has 0 amide bonds. The van der Waals surface area contributed by atoms with Crippen LogP contribution in [-0.2, 0) is 9.53 Å². The second-order valence-corrected chi connectivity index (χ2v) is 4.94. The summed E-state index contributed by atoms with van der Waals surface area (Å²) in [4.78, 5) is 11.6. The van der Waals surface area contributed by atoms with Crippen molar-refractivity contribution in [2.24, 2.45) is 0 Å². The van der Waals surface area contributed by atoms with Crippen molar-refractivity contribution in [1.29, 1.82) is 0 Å². The molecule has 18 heavy (non-hydrogen) atoms. The normalized spacial score (nSPS) is 16.9. The van der Waals surface area contributed by atoms with Crippen LogP contribution in [0.25, 0.3) is 6.08 Å². The molecule has 0 aliphatic heterocycles. The van der Waals surface area contributed by atoms with Gasteiger partial charge in [0.1, 0.15) is 6.10 Å². The summed E-state index contributed by atoms with van der Waals surface area (Å²) in [6.45, 7) is 2.05. The first-order chi connectivity index (χ1) is 8.74. The molecule has 96 valence electrons. The van der Waals surface area contributed by atoms with Gasteiger partial charge in [0.15, 0.2) is 0 Å². The molecule has 1 aliphatic rings. The summed E-state index contributed by atoms with van der Waals surface area (Å²) in [6.07, 6.45) is 9.14. The number of carbonyl (C=O) groups excluding carboxylic acids is 1. The summed E-state index contributed by atoms with van der Waals surface area (Å²) in [5.74, 6) is -0.220. The van der Waals surface area contributed by atoms with Gasteiger partial charge in [-0.05, 0) is 44.2 Å². The molecule has 0 radical (unpaired) electrons. The molecule has 2 heteroatoms. The summed E-state index contributed by atoms with van der Waals surface area (Å²) in [6, 6.07) is 8.07. The van der Waals surface area contributed by atoms with Crippen molar-refractivity contribution < 1.29 is 9.53 Å². The molecule has 1 aromatic rings. The lowest BCUT2D eigenvalue weighted by molar-refractivity contribution is -0.144. The van der Waals surface area contributed by atoms with Crippen molar-refractivity contribution in [2.45, 2.75) is 45.1 Å². The average Bonchev–Trinajstić information content (AvgIpc) is 2.39. The van der Waals surface area contributed by atoms with Crippen LogP contribution in [0.2, 0.25) is 0 Å². The van der Waals surface area contributed by atoms with Crippen LogP contribution >= 0.6 is 0 Å². The zero-order valence-corrected chi connectivity index (χ0v) is 10.9. The van der Waals surface area contributed by atoms with Crippen LogP contribution in [0.5, 0.6) is 0 Å². The minimum atomic E-state index is -0.220. The van der Waals surface area contributed by atoms with Gasteiger partial charge in [-0.1, -0.05) is 36.2 Å². The molecular weight excluding hydrogens is 224 g/mol. The Morgan fingerprint density at radius 2 is 1.83 bits per heavy atom. The summed E-state index contributed by atoms with van der Waals surface area (Å²) in [5, 5.41) is 0. The first kappa shape index (κ1) is 12.9. The molecule has 1 aliphatic carbocycles. The van der Waals surface area contributed by atoms with E-state index in [9.17, 15) is 4.79 Å². The van der Waals surface area contributed by atoms with Gasteiger partial charge in [-0.15, -0.1) is 0 Å². The third-order valence-corrected chi connectivity index (χ3v) is 3.32. The van der Waals surface area contributed by atoms with Gasteiger partial charge in [-0.3, -0.25) is 0 Å². The molecule has 0 unspecified atom stereocenters. The molecule has 0 spiro atoms. The van der Waals surface area contributed by atoms with Crippen LogP contribution in [0.3, 0.4) is 0 Å². The summed E-state index contributed by atoms with van der Waals surface area (Å²) in [5.41, 5.74) is 2.25. The van der Waals surface area contributed by atoms with Crippen LogP contribution in [0, 0.1) is 6.92 Å². The summed E-state index contributed by atoms with van der Waals surface area (Å²) < 4.78 is 5.41. The van der Waals surface area contributed by atoms with Gasteiger partial charge < -0.3 is 4.74 Å². The fourth-order valence-corrected chi connectivity index (χ4v) is 2.23. The van der Waals surface area contributed by atoms with Gasteiger partial charge >= 0.3 is 5.97 Å². The Balaban J connectivity index is 1.84. The predicted molar refractivity (Wildman–Crippen MR) is 73.2 cm³/mol. The van der Waals surface area contributed by atoms with E-state index in [-0.39, 0.29) is 12.1 Å². The van der Waals surface area contributed by atoms with E-state index in [1.54, 1.807) is 0 Å². The topological polar surface area (TPSA) is 26.3 Å². The van der Waals surface area contributed by atoms with Crippen LogP contribution in [-0.4, -0.2) is 12.1 Å². The molecule has 0 atom stereocenters. The quantitative estimate of drug-likeness (QED) is 0.595. The SMILES string of the molecule is Cc1ccc(C=CC(=O)OC2CCCCC2)cc1. The highest BCUT2D eigenvalue weighted by molar-refractivity contribution is 5.87. The Kier molecular flexibility index (Phi) is 4.57. The molecule has 0 aromatic heterocycles. The van der Waals surface area contributed by atoms with E-state index >= 15 is 0 Å². The lowest BCUT2D eigenvalue weighted by Crippen LogP contribution is -2.19. The maximum Gasteiger partial charge on any atom is 0.331 e. The van der Waals surface area contributed by atoms with Crippen LogP contribution in [0.1, 0.15) is 43.2 Å². The second-order valence-electron chi connectivity index (χ2n) is 4.94. The Morgan fingerprint density at radius 3 is 2.50 bits per heavy atom. The third kappa shape index (κ3) is 4.02. The number of hydrogen-bond acceptors (Lipinski definition) is 2. The van der Waals surface area contributed by atoms with E-state index in [0.717, 1.165) is 18.4 Å². The molecular formula is C16H20O2. The zero-order chi connectivity index (χ0) is 12.8. The fourth-order valence-electron chi connectivity index (χ4n) is 2.23. The molecule has 0 N–H and O–H groups in total. The molecule has 0 bridgehead atoms. The van der Waals surface area contributed by atoms with Gasteiger partial charge in [0.05, 0.1) is 0 Å². The number of carbonyl (C=O) groups is 1. The zero-order valence-electron chi connectivity index (χ0n) is 10.9. The van der Waals surface area contributed by atoms with Gasteiger partial charge in [0, 0.05) is 6.08 Å². The number of ether oxygens (including phenoxy) is 1. The third-order valence-electron chi connectivity index (χ3n) is 3.32. The molecule has 1 aromatic carbocycles. The van der Waals surface area contributed by atoms with Crippen LogP contribution in [0.4, 0.5) is 0 Å². The summed E-state index contributed by atoms with van der Waals surface area (Å²) in [7, 11) is 0. The van der Waals surface area contributed by atoms with Gasteiger partial charge in [0.2, 0.25) is 0 Å². The highest BCUT2D eigenvalue weighted by Gasteiger charge is 2.16. The number of hydrogen-bond donors (Lipinski definition) is 0. The van der Waals surface area contributed by atoms with E-state index in [0.29, 0.717) is 0 Å². The number of aryl methyl sites for hydroxylation is 1. The van der Waals surface area contributed by atoms with Crippen molar-refractivity contribution in [3.63, 3.8) is 0 Å². The minimum absolute atomic E-state index is 0.133. The minimum Gasteiger partial charge on any atom is -0.459 e. The maximum atomic E-state index is 11.6. The second kappa shape index (κ2) is 6.39. The number of rotatable bonds is 3. The maximum absolute atomic E-state index is 11.6. The highest BCUT2D eigenvalue weighted by Crippen LogP contribution is 2.20. The lowest BCUT2D eigenvalue weighted by Gasteiger charge is -2.20. The number of benzene rings is 1. The van der Waals surface area contributed by atoms with E-state index in [1.165, 1.54) is 30.9 Å². The molecule has 0 saturated heterocycles. The highest BCUT2D eigenvalue weighted by atomic mass is 16.5. The fraction of sp³-hybridized carbons (Fsp3) is 0.438. The van der Waals surface area contributed by atoms with Gasteiger partial charge in [-0.25, -0.2) is 4.79 Å². The smallest absolute Gasteiger partial charge is 0.331 e. The van der Waals surface area contributed by atoms with Gasteiger partial charge in [0.25, 0.3) is 0 Å². The van der Waals surface area contributed by atoms with E-state index in [4.69, 9.17) is 4.74 Å². The number of esters is 1. The van der Waals surface area contributed by atoms with Crippen molar-refractivity contribution >= 4 is 12.0 Å².